The Labute approximate surface area is 422 Å². The molecule has 0 saturated heterocycles. The maximum absolute atomic E-state index is 5.75. The van der Waals surface area contributed by atoms with Crippen molar-refractivity contribution < 1.29 is 21.1 Å². The van der Waals surface area contributed by atoms with Crippen LogP contribution in [0.25, 0.3) is 111 Å². The summed E-state index contributed by atoms with van der Waals surface area (Å²) in [4.78, 5) is 23.0. The summed E-state index contributed by atoms with van der Waals surface area (Å²) in [5.41, 5.74) is 20.5. The molecule has 0 fully saturated rings. The van der Waals surface area contributed by atoms with Gasteiger partial charge in [-0.15, -0.1) is 22.1 Å². The van der Waals surface area contributed by atoms with E-state index in [0.717, 1.165) is 111 Å². The molecule has 0 amide bonds. The molecule has 5 heterocycles. The van der Waals surface area contributed by atoms with E-state index in [1.807, 2.05) is 0 Å². The molecular weight excluding hydrogens is 1020 g/mol. The molecule has 2 aliphatic rings. The molecule has 9 aromatic rings. The van der Waals surface area contributed by atoms with Gasteiger partial charge in [-0.1, -0.05) is 217 Å². The Balaban J connectivity index is 0.00000553. The van der Waals surface area contributed by atoms with Gasteiger partial charge in [0.25, 0.3) is 0 Å². The first-order chi connectivity index (χ1) is 32.2. The fourth-order valence-electron chi connectivity index (χ4n) is 10.1. The van der Waals surface area contributed by atoms with E-state index in [9.17, 15) is 0 Å². The summed E-state index contributed by atoms with van der Waals surface area (Å²) < 4.78 is 0. The number of rotatable bonds is 2. The van der Waals surface area contributed by atoms with Crippen LogP contribution in [0.5, 0.6) is 0 Å². The third-order valence-electron chi connectivity index (χ3n) is 14.2. The molecule has 0 N–H and O–H groups in total. The molecule has 11 rings (SSSR count). The molecule has 69 heavy (non-hydrogen) atoms. The second-order valence-corrected chi connectivity index (χ2v) is 23.2. The van der Waals surface area contributed by atoms with Crippen molar-refractivity contribution in [1.82, 2.24) is 19.9 Å². The summed E-state index contributed by atoms with van der Waals surface area (Å²) >= 11 is 0. The summed E-state index contributed by atoms with van der Waals surface area (Å²) in [7, 11) is 0. The number of nitrogens with zero attached hydrogens (tertiary/aromatic N) is 4. The summed E-state index contributed by atoms with van der Waals surface area (Å²) in [5.74, 6) is 0. The van der Waals surface area contributed by atoms with E-state index in [-0.39, 0.29) is 42.7 Å². The van der Waals surface area contributed by atoms with E-state index in [1.54, 1.807) is 0 Å². The van der Waals surface area contributed by atoms with Crippen molar-refractivity contribution in [3.63, 3.8) is 0 Å². The number of hydrogen-bond donors (Lipinski definition) is 0. The smallest absolute Gasteiger partial charge is 0.656 e. The van der Waals surface area contributed by atoms with E-state index in [2.05, 4.69) is 229 Å². The van der Waals surface area contributed by atoms with Crippen molar-refractivity contribution in [3.8, 4) is 67.3 Å². The van der Waals surface area contributed by atoms with Crippen LogP contribution in [0.15, 0.2) is 146 Å². The number of aromatic nitrogens is 4. The van der Waals surface area contributed by atoms with Crippen LogP contribution in [-0.4, -0.2) is 9.97 Å². The van der Waals surface area contributed by atoms with Crippen molar-refractivity contribution in [1.29, 1.82) is 0 Å². The Morgan fingerprint density at radius 3 is 0.942 bits per heavy atom. The first kappa shape index (κ1) is 46.4. The van der Waals surface area contributed by atoms with Crippen LogP contribution in [0, 0.1) is 0 Å². The first-order valence-electron chi connectivity index (χ1n) is 24.2. The van der Waals surface area contributed by atoms with Gasteiger partial charge in [0.15, 0.2) is 0 Å². The van der Waals surface area contributed by atoms with E-state index in [4.69, 9.17) is 19.9 Å². The third-order valence-corrected chi connectivity index (χ3v) is 14.2. The molecule has 0 saturated carbocycles. The van der Waals surface area contributed by atoms with Gasteiger partial charge in [0, 0.05) is 22.3 Å². The molecular formula is C64H60N4Pt. The van der Waals surface area contributed by atoms with Crippen LogP contribution in [-0.2, 0) is 42.7 Å². The van der Waals surface area contributed by atoms with E-state index >= 15 is 0 Å². The molecule has 3 aromatic heterocycles. The fourth-order valence-corrected chi connectivity index (χ4v) is 10.1. The minimum absolute atomic E-state index is 0. The van der Waals surface area contributed by atoms with Crippen LogP contribution < -0.4 is 9.97 Å². The van der Waals surface area contributed by atoms with Crippen LogP contribution >= 0.6 is 0 Å². The number of fused-ring (bicyclic) bond motifs is 20. The topological polar surface area (TPSA) is 54.0 Å². The van der Waals surface area contributed by atoms with Gasteiger partial charge >= 0.3 is 21.1 Å². The van der Waals surface area contributed by atoms with Gasteiger partial charge in [0.1, 0.15) is 0 Å². The summed E-state index contributed by atoms with van der Waals surface area (Å²) in [6.07, 6.45) is 0. The molecule has 0 spiro atoms. The molecule has 0 radical (unpaired) electrons. The van der Waals surface area contributed by atoms with Gasteiger partial charge in [0.05, 0.1) is 22.8 Å². The SMILES string of the molecule is CC(C)(C)c1cc(-c2c3nc(cc4[n-]c(c(-c5cc(C(C)(C)C)cc(C(C)(C)C)c5)c5nc(cc6[n-]c2c2ccccc62)-c2ccccc2-5)c2ccccc42)-c2ccccc2-3)cc(C(C)(C)C)c1.[Pt+2]. The quantitative estimate of drug-likeness (QED) is 0.173. The zero-order chi connectivity index (χ0) is 47.7. The zero-order valence-electron chi connectivity index (χ0n) is 42.0. The third kappa shape index (κ3) is 7.99. The van der Waals surface area contributed by atoms with Crippen LogP contribution in [0.2, 0.25) is 0 Å². The Bertz CT molecular complexity index is 3410. The molecule has 0 atom stereocenters. The van der Waals surface area contributed by atoms with Crippen molar-refractivity contribution in [3.05, 3.63) is 168 Å². The Hall–Kier alpha value is -6.35. The summed E-state index contributed by atoms with van der Waals surface area (Å²) in [6.45, 7) is 27.7. The molecule has 0 unspecified atom stereocenters. The maximum Gasteiger partial charge on any atom is 2.00 e. The minimum Gasteiger partial charge on any atom is -0.656 e. The van der Waals surface area contributed by atoms with E-state index in [1.165, 1.54) is 22.3 Å². The normalized spacial score (nSPS) is 12.8. The number of benzene rings is 6. The summed E-state index contributed by atoms with van der Waals surface area (Å²) in [6, 6.07) is 53.6. The van der Waals surface area contributed by atoms with Crippen molar-refractivity contribution in [2.45, 2.75) is 105 Å². The van der Waals surface area contributed by atoms with Crippen molar-refractivity contribution in [2.24, 2.45) is 0 Å². The fraction of sp³-hybridized carbons (Fsp3) is 0.250. The summed E-state index contributed by atoms with van der Waals surface area (Å²) in [5, 5.41) is 4.32. The molecule has 2 aliphatic heterocycles. The molecule has 8 bridgehead atoms. The molecule has 4 nitrogen and oxygen atoms in total. The molecule has 346 valence electrons. The number of hydrogen-bond acceptors (Lipinski definition) is 2. The van der Waals surface area contributed by atoms with Gasteiger partial charge in [-0.3, -0.25) is 0 Å². The van der Waals surface area contributed by atoms with E-state index < -0.39 is 0 Å². The molecule has 5 heteroatoms. The van der Waals surface area contributed by atoms with E-state index in [0.29, 0.717) is 0 Å². The average Bonchev–Trinajstić information content (AvgIpc) is 4.05. The van der Waals surface area contributed by atoms with Gasteiger partial charge in [-0.25, -0.2) is 9.97 Å². The second-order valence-electron chi connectivity index (χ2n) is 23.2. The van der Waals surface area contributed by atoms with Gasteiger partial charge in [-0.2, -0.15) is 0 Å². The molecule has 0 aliphatic carbocycles. The van der Waals surface area contributed by atoms with Crippen molar-refractivity contribution >= 4 is 43.6 Å². The maximum atomic E-state index is 5.75. The predicted octanol–water partition coefficient (Wildman–Crippen LogP) is 17.1. The van der Waals surface area contributed by atoms with Gasteiger partial charge in [-0.05, 0) is 99.8 Å². The molecule has 6 aromatic carbocycles. The van der Waals surface area contributed by atoms with Crippen LogP contribution in [0.1, 0.15) is 105 Å². The second kappa shape index (κ2) is 16.4. The Morgan fingerprint density at radius 1 is 0.333 bits per heavy atom. The Kier molecular flexibility index (Phi) is 11.0. The van der Waals surface area contributed by atoms with Crippen LogP contribution in [0.4, 0.5) is 0 Å². The van der Waals surface area contributed by atoms with Crippen molar-refractivity contribution in [2.75, 3.05) is 0 Å². The Morgan fingerprint density at radius 2 is 0.623 bits per heavy atom. The predicted molar refractivity (Wildman–Crippen MR) is 288 cm³/mol. The first-order valence-corrected chi connectivity index (χ1v) is 24.2. The average molecular weight is 1080 g/mol. The van der Waals surface area contributed by atoms with Crippen LogP contribution in [0.3, 0.4) is 0 Å². The minimum atomic E-state index is -0.0987. The van der Waals surface area contributed by atoms with Gasteiger partial charge in [0.2, 0.25) is 0 Å². The largest absolute Gasteiger partial charge is 2.00 e. The monoisotopic (exact) mass is 1080 g/mol. The van der Waals surface area contributed by atoms with Gasteiger partial charge < -0.3 is 9.97 Å². The zero-order valence-corrected chi connectivity index (χ0v) is 44.2. The standard InChI is InChI=1S/C64H60N4.Pt/c1-61(2,3)39-29-37(30-40(33-39)62(4,5)6)55-57-47-25-17-13-21-43(47)51(65-57)35-53-45-23-15-19-27-49(45)59(67-53)56(38-31-41(63(7,8)9)34-42(32-38)64(10,11)12)60-50-28-20-16-24-46(50)54(68-60)36-52-44-22-14-18-26-48(44)58(55)66-52;/h13-36H,1-12H3;/q-2;+2.